The number of hydrogen-bond acceptors (Lipinski definition) is 3. The molecule has 0 aromatic heterocycles. The maximum absolute atomic E-state index is 12.9. The second-order valence-electron chi connectivity index (χ2n) is 6.40. The molecule has 0 aromatic rings. The van der Waals surface area contributed by atoms with Crippen molar-refractivity contribution in [2.24, 2.45) is 5.92 Å². The van der Waals surface area contributed by atoms with E-state index in [1.807, 2.05) is 4.90 Å². The smallest absolute Gasteiger partial charge is 0.320 e. The zero-order chi connectivity index (χ0) is 14.8. The molecule has 1 aliphatic carbocycles. The van der Waals surface area contributed by atoms with E-state index in [1.165, 1.54) is 19.3 Å². The molecule has 3 aliphatic rings. The summed E-state index contributed by atoms with van der Waals surface area (Å²) in [5.41, 5.74) is 0. The van der Waals surface area contributed by atoms with Crippen LogP contribution >= 0.6 is 11.8 Å². The number of hydrogen-bond donors (Lipinski definition) is 1. The Morgan fingerprint density at radius 3 is 2.71 bits per heavy atom. The highest BCUT2D eigenvalue weighted by Crippen LogP contribution is 2.37. The number of thioether (sulfide) groups is 1. The van der Waals surface area contributed by atoms with Gasteiger partial charge >= 0.3 is 12.0 Å². The van der Waals surface area contributed by atoms with Crippen LogP contribution in [0.2, 0.25) is 0 Å². The summed E-state index contributed by atoms with van der Waals surface area (Å²) >= 11 is 1.76. The van der Waals surface area contributed by atoms with E-state index < -0.39 is 5.97 Å². The van der Waals surface area contributed by atoms with Gasteiger partial charge in [0.25, 0.3) is 0 Å². The molecule has 5 nitrogen and oxygen atoms in total. The normalized spacial score (nSPS) is 32.9. The van der Waals surface area contributed by atoms with Gasteiger partial charge in [-0.3, -0.25) is 4.79 Å². The van der Waals surface area contributed by atoms with Crippen molar-refractivity contribution in [3.63, 3.8) is 0 Å². The van der Waals surface area contributed by atoms with Gasteiger partial charge < -0.3 is 14.9 Å². The van der Waals surface area contributed by atoms with Crippen LogP contribution in [0, 0.1) is 5.92 Å². The predicted octanol–water partition coefficient (Wildman–Crippen LogP) is 2.26. The van der Waals surface area contributed by atoms with Crippen molar-refractivity contribution in [1.29, 1.82) is 0 Å². The first-order chi connectivity index (χ1) is 10.2. The summed E-state index contributed by atoms with van der Waals surface area (Å²) in [6, 6.07) is 0.360. The molecule has 118 valence electrons. The van der Waals surface area contributed by atoms with Gasteiger partial charge in [-0.25, -0.2) is 4.79 Å². The monoisotopic (exact) mass is 312 g/mol. The second kappa shape index (κ2) is 6.46. The highest BCUT2D eigenvalue weighted by molar-refractivity contribution is 7.99. The van der Waals surface area contributed by atoms with Gasteiger partial charge in [0.2, 0.25) is 0 Å². The second-order valence-corrected chi connectivity index (χ2v) is 7.55. The van der Waals surface area contributed by atoms with E-state index >= 15 is 0 Å². The number of aliphatic carboxylic acids is 1. The van der Waals surface area contributed by atoms with Crippen molar-refractivity contribution >= 4 is 23.8 Å². The molecule has 0 spiro atoms. The first kappa shape index (κ1) is 15.0. The summed E-state index contributed by atoms with van der Waals surface area (Å²) in [4.78, 5) is 27.8. The lowest BCUT2D eigenvalue weighted by Gasteiger charge is -2.40. The molecule has 21 heavy (non-hydrogen) atoms. The van der Waals surface area contributed by atoms with E-state index in [4.69, 9.17) is 5.11 Å². The molecule has 1 N–H and O–H groups in total. The number of rotatable bonds is 2. The first-order valence-electron chi connectivity index (χ1n) is 8.03. The summed E-state index contributed by atoms with van der Waals surface area (Å²) < 4.78 is 0. The molecular weight excluding hydrogens is 288 g/mol. The molecule has 0 aromatic carbocycles. The zero-order valence-electron chi connectivity index (χ0n) is 12.4. The standard InChI is InChI=1S/C15H24N2O3S/c18-14(19)9-12-10-21-8-7-16(12)15(20)17-6-5-11-3-1-2-4-13(11)17/h11-13H,1-10H2,(H,18,19). The molecule has 1 saturated carbocycles. The highest BCUT2D eigenvalue weighted by atomic mass is 32.2. The van der Waals surface area contributed by atoms with Crippen molar-refractivity contribution < 1.29 is 14.7 Å². The minimum Gasteiger partial charge on any atom is -0.481 e. The summed E-state index contributed by atoms with van der Waals surface area (Å²) in [5.74, 6) is 1.54. The Morgan fingerprint density at radius 1 is 1.10 bits per heavy atom. The van der Waals surface area contributed by atoms with Crippen molar-refractivity contribution in [3.8, 4) is 0 Å². The van der Waals surface area contributed by atoms with Gasteiger partial charge in [-0.2, -0.15) is 11.8 Å². The number of nitrogens with zero attached hydrogens (tertiary/aromatic N) is 2. The summed E-state index contributed by atoms with van der Waals surface area (Å²) in [5, 5.41) is 9.06. The summed E-state index contributed by atoms with van der Waals surface area (Å²) in [7, 11) is 0. The van der Waals surface area contributed by atoms with E-state index in [0.29, 0.717) is 18.5 Å². The van der Waals surface area contributed by atoms with Gasteiger partial charge in [-0.1, -0.05) is 12.8 Å². The Bertz CT molecular complexity index is 418. The number of urea groups is 1. The lowest BCUT2D eigenvalue weighted by atomic mass is 9.85. The van der Waals surface area contributed by atoms with Gasteiger partial charge in [-0.05, 0) is 25.2 Å². The van der Waals surface area contributed by atoms with Gasteiger partial charge in [-0.15, -0.1) is 0 Å². The molecular formula is C15H24N2O3S. The molecule has 3 rings (SSSR count). The Labute approximate surface area is 130 Å². The van der Waals surface area contributed by atoms with E-state index in [9.17, 15) is 9.59 Å². The fourth-order valence-corrected chi connectivity index (χ4v) is 5.15. The molecule has 3 unspecified atom stereocenters. The largest absolute Gasteiger partial charge is 0.481 e. The van der Waals surface area contributed by atoms with Crippen LogP contribution in [0.25, 0.3) is 0 Å². The van der Waals surface area contributed by atoms with E-state index in [-0.39, 0.29) is 18.5 Å². The van der Waals surface area contributed by atoms with Gasteiger partial charge in [0.15, 0.2) is 0 Å². The van der Waals surface area contributed by atoms with Crippen LogP contribution in [0.5, 0.6) is 0 Å². The highest BCUT2D eigenvalue weighted by Gasteiger charge is 2.41. The third-order valence-electron chi connectivity index (χ3n) is 5.14. The maximum Gasteiger partial charge on any atom is 0.320 e. The Morgan fingerprint density at radius 2 is 1.90 bits per heavy atom. The topological polar surface area (TPSA) is 60.9 Å². The number of fused-ring (bicyclic) bond motifs is 1. The minimum atomic E-state index is -0.808. The molecule has 2 heterocycles. The van der Waals surface area contributed by atoms with Crippen LogP contribution < -0.4 is 0 Å². The number of carbonyl (C=O) groups is 2. The summed E-state index contributed by atoms with van der Waals surface area (Å²) in [6.07, 6.45) is 6.10. The van der Waals surface area contributed by atoms with Gasteiger partial charge in [0, 0.05) is 30.6 Å². The molecule has 3 atom stereocenters. The third kappa shape index (κ3) is 3.15. The number of carboxylic acid groups (broad SMARTS) is 1. The SMILES string of the molecule is O=C(O)CC1CSCCN1C(=O)N1CCC2CCCCC21. The minimum absolute atomic E-state index is 0.0701. The molecule has 2 amide bonds. The third-order valence-corrected chi connectivity index (χ3v) is 6.23. The molecule has 0 radical (unpaired) electrons. The Balaban J connectivity index is 1.69. The molecule has 2 saturated heterocycles. The van der Waals surface area contributed by atoms with Crippen LogP contribution in [0.3, 0.4) is 0 Å². The maximum atomic E-state index is 12.9. The molecule has 0 bridgehead atoms. The average Bonchev–Trinajstić information content (AvgIpc) is 2.90. The average molecular weight is 312 g/mol. The number of likely N-dealkylation sites (tertiary alicyclic amines) is 1. The number of carboxylic acids is 1. The van der Waals surface area contributed by atoms with Crippen molar-refractivity contribution in [1.82, 2.24) is 9.80 Å². The van der Waals surface area contributed by atoms with E-state index in [2.05, 4.69) is 4.90 Å². The number of carbonyl (C=O) groups excluding carboxylic acids is 1. The zero-order valence-corrected chi connectivity index (χ0v) is 13.2. The quantitative estimate of drug-likeness (QED) is 0.849. The predicted molar refractivity (Wildman–Crippen MR) is 82.5 cm³/mol. The molecule has 2 aliphatic heterocycles. The molecule has 6 heteroatoms. The van der Waals surface area contributed by atoms with Crippen molar-refractivity contribution in [2.75, 3.05) is 24.6 Å². The lowest BCUT2D eigenvalue weighted by molar-refractivity contribution is -0.138. The Kier molecular flexibility index (Phi) is 4.62. The van der Waals surface area contributed by atoms with Gasteiger partial charge in [0.1, 0.15) is 0 Å². The van der Waals surface area contributed by atoms with E-state index in [0.717, 1.165) is 30.9 Å². The van der Waals surface area contributed by atoms with Crippen LogP contribution in [-0.4, -0.2) is 63.6 Å². The fourth-order valence-electron chi connectivity index (χ4n) is 4.09. The Hall–Kier alpha value is -0.910. The molecule has 3 fully saturated rings. The van der Waals surface area contributed by atoms with Crippen molar-refractivity contribution in [2.45, 2.75) is 50.6 Å². The fraction of sp³-hybridized carbons (Fsp3) is 0.867. The van der Waals surface area contributed by atoms with Gasteiger partial charge in [0.05, 0.1) is 12.5 Å². The number of amides is 2. The summed E-state index contributed by atoms with van der Waals surface area (Å²) in [6.45, 7) is 1.55. The van der Waals surface area contributed by atoms with E-state index in [1.54, 1.807) is 11.8 Å². The van der Waals surface area contributed by atoms with Crippen LogP contribution in [-0.2, 0) is 4.79 Å². The first-order valence-corrected chi connectivity index (χ1v) is 9.19. The van der Waals surface area contributed by atoms with Crippen LogP contribution in [0.1, 0.15) is 38.5 Å². The van der Waals surface area contributed by atoms with Crippen molar-refractivity contribution in [3.05, 3.63) is 0 Å². The van der Waals surface area contributed by atoms with Crippen LogP contribution in [0.4, 0.5) is 4.79 Å². The lowest BCUT2D eigenvalue weighted by Crippen LogP contribution is -2.54. The van der Waals surface area contributed by atoms with Crippen LogP contribution in [0.15, 0.2) is 0 Å².